The topological polar surface area (TPSA) is 37.4 Å². The fraction of sp³-hybridized carbons (Fsp3) is 0.583. The number of ether oxygens (including phenoxy) is 1. The summed E-state index contributed by atoms with van der Waals surface area (Å²) in [5.74, 6) is 1.39. The number of pyridine rings is 1. The van der Waals surface area contributed by atoms with Crippen molar-refractivity contribution in [2.45, 2.75) is 13.8 Å². The Balaban J connectivity index is 3.01. The van der Waals surface area contributed by atoms with Crippen LogP contribution < -0.4 is 10.2 Å². The van der Waals surface area contributed by atoms with Crippen molar-refractivity contribution in [3.8, 4) is 0 Å². The molecule has 0 radical (unpaired) electrons. The first-order valence-electron chi connectivity index (χ1n) is 5.97. The molecule has 0 amide bonds. The zero-order chi connectivity index (χ0) is 13.5. The molecule has 1 N–H and O–H groups in total. The van der Waals surface area contributed by atoms with E-state index in [-0.39, 0.29) is 0 Å². The Hall–Kier alpha value is -0.710. The molecule has 0 spiro atoms. The zero-order valence-corrected chi connectivity index (χ0v) is 12.5. The highest BCUT2D eigenvalue weighted by atomic mass is 35.5. The lowest BCUT2D eigenvalue weighted by Gasteiger charge is -2.23. The van der Waals surface area contributed by atoms with Gasteiger partial charge in [-0.05, 0) is 19.9 Å². The van der Waals surface area contributed by atoms with E-state index in [0.717, 1.165) is 25.5 Å². The minimum Gasteiger partial charge on any atom is -0.383 e. The number of likely N-dealkylation sites (N-methyl/N-ethyl adjacent to an activating group) is 1. The van der Waals surface area contributed by atoms with Gasteiger partial charge in [0, 0.05) is 26.7 Å². The molecule has 6 heteroatoms. The highest BCUT2D eigenvalue weighted by Gasteiger charge is 2.14. The first kappa shape index (κ1) is 15.3. The van der Waals surface area contributed by atoms with Crippen molar-refractivity contribution in [3.63, 3.8) is 0 Å². The van der Waals surface area contributed by atoms with Crippen LogP contribution in [0.25, 0.3) is 0 Å². The van der Waals surface area contributed by atoms with Crippen LogP contribution in [0.4, 0.5) is 11.6 Å². The van der Waals surface area contributed by atoms with Gasteiger partial charge < -0.3 is 15.0 Å². The molecule has 4 nitrogen and oxygen atoms in total. The van der Waals surface area contributed by atoms with Crippen LogP contribution in [0.15, 0.2) is 6.07 Å². The average Bonchev–Trinajstić information content (AvgIpc) is 2.35. The summed E-state index contributed by atoms with van der Waals surface area (Å²) in [5.41, 5.74) is 0. The molecule has 1 aromatic rings. The monoisotopic (exact) mass is 291 g/mol. The van der Waals surface area contributed by atoms with Gasteiger partial charge in [0.1, 0.15) is 11.6 Å². The highest BCUT2D eigenvalue weighted by molar-refractivity contribution is 6.37. The van der Waals surface area contributed by atoms with Crippen LogP contribution in [0.3, 0.4) is 0 Å². The molecule has 0 unspecified atom stereocenters. The molecule has 0 saturated carbocycles. The Morgan fingerprint density at radius 1 is 1.33 bits per heavy atom. The summed E-state index contributed by atoms with van der Waals surface area (Å²) in [6, 6.07) is 1.72. The minimum atomic E-state index is 0.536. The number of aromatic nitrogens is 1. The van der Waals surface area contributed by atoms with Crippen LogP contribution in [0, 0.1) is 0 Å². The van der Waals surface area contributed by atoms with E-state index < -0.39 is 0 Å². The third-order valence-electron chi connectivity index (χ3n) is 2.50. The van der Waals surface area contributed by atoms with Gasteiger partial charge >= 0.3 is 0 Å². The summed E-state index contributed by atoms with van der Waals surface area (Å²) < 4.78 is 5.08. The lowest BCUT2D eigenvalue weighted by atomic mass is 10.3. The normalized spacial score (nSPS) is 10.5. The summed E-state index contributed by atoms with van der Waals surface area (Å²) >= 11 is 12.3. The molecule has 1 heterocycles. The Labute approximate surface area is 118 Å². The van der Waals surface area contributed by atoms with Crippen molar-refractivity contribution >= 4 is 34.8 Å². The number of methoxy groups -OCH3 is 1. The molecular weight excluding hydrogens is 273 g/mol. The fourth-order valence-electron chi connectivity index (χ4n) is 1.59. The third kappa shape index (κ3) is 3.90. The molecule has 0 saturated heterocycles. The molecule has 0 atom stereocenters. The molecule has 18 heavy (non-hydrogen) atoms. The number of hydrogen-bond acceptors (Lipinski definition) is 4. The number of nitrogens with one attached hydrogen (secondary N) is 1. The Morgan fingerprint density at radius 2 is 2.06 bits per heavy atom. The van der Waals surface area contributed by atoms with Crippen molar-refractivity contribution < 1.29 is 4.74 Å². The van der Waals surface area contributed by atoms with E-state index in [1.807, 2.05) is 6.92 Å². The van der Waals surface area contributed by atoms with Gasteiger partial charge in [0.25, 0.3) is 0 Å². The van der Waals surface area contributed by atoms with Crippen LogP contribution in [0.5, 0.6) is 0 Å². The molecule has 102 valence electrons. The standard InChI is InChI=1S/C12H19Cl2N3O/c1-4-15-11-9(13)8-10(14)12(16-11)17(5-2)6-7-18-3/h8H,4-7H2,1-3H3,(H,15,16). The van der Waals surface area contributed by atoms with Crippen molar-refractivity contribution in [1.82, 2.24) is 4.98 Å². The fourth-order valence-corrected chi connectivity index (χ4v) is 2.13. The Kier molecular flexibility index (Phi) is 6.54. The lowest BCUT2D eigenvalue weighted by Crippen LogP contribution is -2.28. The van der Waals surface area contributed by atoms with Crippen molar-refractivity contribution in [1.29, 1.82) is 0 Å². The van der Waals surface area contributed by atoms with Crippen LogP contribution >= 0.6 is 23.2 Å². The number of nitrogens with zero attached hydrogens (tertiary/aromatic N) is 2. The highest BCUT2D eigenvalue weighted by Crippen LogP contribution is 2.31. The smallest absolute Gasteiger partial charge is 0.150 e. The van der Waals surface area contributed by atoms with Crippen molar-refractivity contribution in [2.24, 2.45) is 0 Å². The molecule has 1 aromatic heterocycles. The number of halogens is 2. The first-order valence-corrected chi connectivity index (χ1v) is 6.73. The lowest BCUT2D eigenvalue weighted by molar-refractivity contribution is 0.205. The summed E-state index contributed by atoms with van der Waals surface area (Å²) in [4.78, 5) is 6.54. The molecule has 0 aliphatic carbocycles. The van der Waals surface area contributed by atoms with E-state index in [1.54, 1.807) is 13.2 Å². The van der Waals surface area contributed by atoms with E-state index in [4.69, 9.17) is 27.9 Å². The van der Waals surface area contributed by atoms with Gasteiger partial charge in [-0.2, -0.15) is 0 Å². The van der Waals surface area contributed by atoms with Gasteiger partial charge in [-0.1, -0.05) is 23.2 Å². The van der Waals surface area contributed by atoms with Gasteiger partial charge in [0.2, 0.25) is 0 Å². The van der Waals surface area contributed by atoms with Crippen LogP contribution in [-0.2, 0) is 4.74 Å². The van der Waals surface area contributed by atoms with Crippen molar-refractivity contribution in [2.75, 3.05) is 43.6 Å². The summed E-state index contributed by atoms with van der Waals surface area (Å²) in [6.07, 6.45) is 0. The Bertz CT molecular complexity index is 388. The van der Waals surface area contributed by atoms with Gasteiger partial charge in [-0.15, -0.1) is 0 Å². The summed E-state index contributed by atoms with van der Waals surface area (Å²) in [7, 11) is 1.68. The molecule has 0 aliphatic heterocycles. The van der Waals surface area contributed by atoms with Crippen LogP contribution in [0.1, 0.15) is 13.8 Å². The van der Waals surface area contributed by atoms with Gasteiger partial charge in [0.15, 0.2) is 0 Å². The van der Waals surface area contributed by atoms with E-state index >= 15 is 0 Å². The molecule has 1 rings (SSSR count). The molecule has 0 fully saturated rings. The first-order chi connectivity index (χ1) is 8.63. The molecule has 0 aromatic carbocycles. The van der Waals surface area contributed by atoms with Gasteiger partial charge in [-0.25, -0.2) is 4.98 Å². The number of anilines is 2. The SMILES string of the molecule is CCNc1nc(N(CC)CCOC)c(Cl)cc1Cl. The number of hydrogen-bond donors (Lipinski definition) is 1. The quantitative estimate of drug-likeness (QED) is 0.836. The maximum atomic E-state index is 6.20. The molecule has 0 aliphatic rings. The summed E-state index contributed by atoms with van der Waals surface area (Å²) in [5, 5.41) is 4.21. The second-order valence-corrected chi connectivity index (χ2v) is 4.54. The maximum Gasteiger partial charge on any atom is 0.150 e. The molecule has 0 bridgehead atoms. The Morgan fingerprint density at radius 3 is 2.61 bits per heavy atom. The second-order valence-electron chi connectivity index (χ2n) is 3.73. The molecular formula is C12H19Cl2N3O. The second kappa shape index (κ2) is 7.67. The minimum absolute atomic E-state index is 0.536. The predicted octanol–water partition coefficient (Wildman–Crippen LogP) is 3.29. The maximum absolute atomic E-state index is 6.20. The van der Waals surface area contributed by atoms with E-state index in [0.29, 0.717) is 22.5 Å². The van der Waals surface area contributed by atoms with Gasteiger partial charge in [-0.3, -0.25) is 0 Å². The van der Waals surface area contributed by atoms with Crippen LogP contribution in [-0.4, -0.2) is 38.3 Å². The summed E-state index contributed by atoms with van der Waals surface area (Å²) in [6.45, 7) is 6.99. The number of rotatable bonds is 7. The predicted molar refractivity (Wildman–Crippen MR) is 78.2 cm³/mol. The third-order valence-corrected chi connectivity index (χ3v) is 3.07. The largest absolute Gasteiger partial charge is 0.383 e. The average molecular weight is 292 g/mol. The van der Waals surface area contributed by atoms with E-state index in [2.05, 4.69) is 22.1 Å². The van der Waals surface area contributed by atoms with E-state index in [1.165, 1.54) is 0 Å². The van der Waals surface area contributed by atoms with Crippen LogP contribution in [0.2, 0.25) is 10.0 Å². The van der Waals surface area contributed by atoms with Gasteiger partial charge in [0.05, 0.1) is 16.7 Å². The zero-order valence-electron chi connectivity index (χ0n) is 11.0. The van der Waals surface area contributed by atoms with E-state index in [9.17, 15) is 0 Å². The van der Waals surface area contributed by atoms with Crippen molar-refractivity contribution in [3.05, 3.63) is 16.1 Å².